The van der Waals surface area contributed by atoms with Gasteiger partial charge in [0.15, 0.2) is 5.82 Å². The summed E-state index contributed by atoms with van der Waals surface area (Å²) in [5.41, 5.74) is 5.70. The monoisotopic (exact) mass is 215 g/mol. The molecule has 2 rings (SSSR count). The van der Waals surface area contributed by atoms with E-state index in [9.17, 15) is 0 Å². The highest BCUT2D eigenvalue weighted by Crippen LogP contribution is 2.17. The summed E-state index contributed by atoms with van der Waals surface area (Å²) < 4.78 is 0. The van der Waals surface area contributed by atoms with Gasteiger partial charge in [0, 0.05) is 18.0 Å². The second-order valence-corrected chi connectivity index (χ2v) is 3.47. The SMILES string of the molecule is CONc1ccc(-c2ncc(C)cn2)cc1. The summed E-state index contributed by atoms with van der Waals surface area (Å²) in [6, 6.07) is 7.74. The minimum Gasteiger partial charge on any atom is -0.279 e. The Bertz CT molecular complexity index is 451. The van der Waals surface area contributed by atoms with Crippen LogP contribution in [0.25, 0.3) is 11.4 Å². The molecule has 4 nitrogen and oxygen atoms in total. The van der Waals surface area contributed by atoms with Gasteiger partial charge in [-0.05, 0) is 36.8 Å². The van der Waals surface area contributed by atoms with Gasteiger partial charge < -0.3 is 0 Å². The lowest BCUT2D eigenvalue weighted by Crippen LogP contribution is -1.95. The Kier molecular flexibility index (Phi) is 3.12. The van der Waals surface area contributed by atoms with Crippen LogP contribution in [0.5, 0.6) is 0 Å². The van der Waals surface area contributed by atoms with Gasteiger partial charge in [-0.2, -0.15) is 0 Å². The van der Waals surface area contributed by atoms with E-state index in [1.165, 1.54) is 0 Å². The van der Waals surface area contributed by atoms with Crippen LogP contribution in [0.15, 0.2) is 36.7 Å². The molecule has 0 saturated heterocycles. The predicted octanol–water partition coefficient (Wildman–Crippen LogP) is 2.43. The Morgan fingerprint density at radius 2 is 1.69 bits per heavy atom. The molecule has 2 aromatic rings. The number of anilines is 1. The minimum atomic E-state index is 0.731. The smallest absolute Gasteiger partial charge is 0.159 e. The number of nitrogens with one attached hydrogen (secondary N) is 1. The minimum absolute atomic E-state index is 0.731. The molecule has 0 unspecified atom stereocenters. The maximum atomic E-state index is 4.81. The van der Waals surface area contributed by atoms with E-state index < -0.39 is 0 Å². The maximum Gasteiger partial charge on any atom is 0.159 e. The maximum absolute atomic E-state index is 4.81. The Labute approximate surface area is 94.3 Å². The van der Waals surface area contributed by atoms with Crippen molar-refractivity contribution in [3.8, 4) is 11.4 Å². The van der Waals surface area contributed by atoms with E-state index in [1.54, 1.807) is 7.11 Å². The van der Waals surface area contributed by atoms with Crippen molar-refractivity contribution in [2.75, 3.05) is 12.6 Å². The topological polar surface area (TPSA) is 47.0 Å². The molecule has 0 amide bonds. The lowest BCUT2D eigenvalue weighted by Gasteiger charge is -2.04. The number of aromatic nitrogens is 2. The fourth-order valence-electron chi connectivity index (χ4n) is 1.35. The van der Waals surface area contributed by atoms with Crippen LogP contribution in [0.4, 0.5) is 5.69 Å². The molecule has 0 bridgehead atoms. The third-order valence-corrected chi connectivity index (χ3v) is 2.14. The highest BCUT2D eigenvalue weighted by molar-refractivity contribution is 5.59. The zero-order valence-corrected chi connectivity index (χ0v) is 9.27. The van der Waals surface area contributed by atoms with Crippen molar-refractivity contribution in [1.82, 2.24) is 9.97 Å². The van der Waals surface area contributed by atoms with E-state index in [1.807, 2.05) is 43.6 Å². The molecule has 0 spiro atoms. The fraction of sp³-hybridized carbons (Fsp3) is 0.167. The summed E-state index contributed by atoms with van der Waals surface area (Å²) in [5.74, 6) is 0.731. The lowest BCUT2D eigenvalue weighted by molar-refractivity contribution is 0.271. The van der Waals surface area contributed by atoms with Crippen molar-refractivity contribution < 1.29 is 4.84 Å². The average molecular weight is 215 g/mol. The third-order valence-electron chi connectivity index (χ3n) is 2.14. The first-order valence-corrected chi connectivity index (χ1v) is 4.97. The summed E-state index contributed by atoms with van der Waals surface area (Å²) in [5, 5.41) is 0. The van der Waals surface area contributed by atoms with Crippen LogP contribution in [-0.2, 0) is 4.84 Å². The van der Waals surface area contributed by atoms with Gasteiger partial charge in [-0.15, -0.1) is 0 Å². The molecule has 0 aliphatic carbocycles. The van der Waals surface area contributed by atoms with Gasteiger partial charge in [-0.25, -0.2) is 9.97 Å². The Hall–Kier alpha value is -1.94. The van der Waals surface area contributed by atoms with Gasteiger partial charge >= 0.3 is 0 Å². The molecule has 0 fully saturated rings. The predicted molar refractivity (Wildman–Crippen MR) is 62.8 cm³/mol. The highest BCUT2D eigenvalue weighted by Gasteiger charge is 2.00. The van der Waals surface area contributed by atoms with Gasteiger partial charge in [0.05, 0.1) is 12.8 Å². The molecule has 4 heteroatoms. The molecule has 1 aromatic carbocycles. The van der Waals surface area contributed by atoms with E-state index in [-0.39, 0.29) is 0 Å². The molecule has 0 atom stereocenters. The quantitative estimate of drug-likeness (QED) is 0.799. The first kappa shape index (κ1) is 10.6. The van der Waals surface area contributed by atoms with Crippen molar-refractivity contribution in [1.29, 1.82) is 0 Å². The largest absolute Gasteiger partial charge is 0.279 e. The van der Waals surface area contributed by atoms with Crippen LogP contribution in [-0.4, -0.2) is 17.1 Å². The van der Waals surface area contributed by atoms with Gasteiger partial charge in [-0.1, -0.05) is 0 Å². The molecule has 82 valence electrons. The zero-order valence-electron chi connectivity index (χ0n) is 9.27. The molecule has 0 aliphatic heterocycles. The van der Waals surface area contributed by atoms with Gasteiger partial charge in [0.2, 0.25) is 0 Å². The Morgan fingerprint density at radius 1 is 1.06 bits per heavy atom. The number of hydrogen-bond acceptors (Lipinski definition) is 4. The molecule has 1 heterocycles. The van der Waals surface area contributed by atoms with Crippen LogP contribution in [0.3, 0.4) is 0 Å². The van der Waals surface area contributed by atoms with Crippen molar-refractivity contribution in [3.05, 3.63) is 42.2 Å². The summed E-state index contributed by atoms with van der Waals surface area (Å²) in [7, 11) is 1.58. The van der Waals surface area contributed by atoms with Gasteiger partial charge in [-0.3, -0.25) is 10.3 Å². The number of hydrogen-bond donors (Lipinski definition) is 1. The lowest BCUT2D eigenvalue weighted by atomic mass is 10.2. The second-order valence-electron chi connectivity index (χ2n) is 3.47. The Morgan fingerprint density at radius 3 is 2.25 bits per heavy atom. The highest BCUT2D eigenvalue weighted by atomic mass is 16.6. The van der Waals surface area contributed by atoms with E-state index in [0.717, 1.165) is 22.6 Å². The average Bonchev–Trinajstić information content (AvgIpc) is 2.32. The van der Waals surface area contributed by atoms with Crippen molar-refractivity contribution >= 4 is 5.69 Å². The first-order valence-electron chi connectivity index (χ1n) is 4.97. The molecule has 0 saturated carbocycles. The van der Waals surface area contributed by atoms with Crippen LogP contribution in [0.1, 0.15) is 5.56 Å². The third kappa shape index (κ3) is 2.35. The van der Waals surface area contributed by atoms with Crippen LogP contribution in [0.2, 0.25) is 0 Å². The van der Waals surface area contributed by atoms with Crippen LogP contribution >= 0.6 is 0 Å². The number of nitrogens with zero attached hydrogens (tertiary/aromatic N) is 2. The fourth-order valence-corrected chi connectivity index (χ4v) is 1.35. The van der Waals surface area contributed by atoms with E-state index in [4.69, 9.17) is 4.84 Å². The first-order chi connectivity index (χ1) is 7.79. The van der Waals surface area contributed by atoms with Crippen LogP contribution in [0, 0.1) is 6.92 Å². The standard InChI is InChI=1S/C12H13N3O/c1-9-7-13-12(14-8-9)10-3-5-11(6-4-10)15-16-2/h3-8,15H,1-2H3. The molecule has 0 aliphatic rings. The molecule has 16 heavy (non-hydrogen) atoms. The zero-order chi connectivity index (χ0) is 11.4. The molecule has 0 radical (unpaired) electrons. The van der Waals surface area contributed by atoms with E-state index in [2.05, 4.69) is 15.4 Å². The molecule has 1 aromatic heterocycles. The number of benzene rings is 1. The number of aryl methyl sites for hydroxylation is 1. The number of rotatable bonds is 3. The molecular formula is C12H13N3O. The van der Waals surface area contributed by atoms with Crippen molar-refractivity contribution in [2.45, 2.75) is 6.92 Å². The molecular weight excluding hydrogens is 202 g/mol. The van der Waals surface area contributed by atoms with Crippen LogP contribution < -0.4 is 5.48 Å². The Balaban J connectivity index is 2.24. The normalized spacial score (nSPS) is 10.1. The van der Waals surface area contributed by atoms with Gasteiger partial charge in [0.1, 0.15) is 0 Å². The van der Waals surface area contributed by atoms with Gasteiger partial charge in [0.25, 0.3) is 0 Å². The van der Waals surface area contributed by atoms with Crippen molar-refractivity contribution in [2.24, 2.45) is 0 Å². The summed E-state index contributed by atoms with van der Waals surface area (Å²) in [4.78, 5) is 13.3. The second kappa shape index (κ2) is 4.72. The van der Waals surface area contributed by atoms with Crippen molar-refractivity contribution in [3.63, 3.8) is 0 Å². The summed E-state index contributed by atoms with van der Waals surface area (Å²) in [6.07, 6.45) is 3.62. The molecule has 1 N–H and O–H groups in total. The van der Waals surface area contributed by atoms with E-state index in [0.29, 0.717) is 0 Å². The summed E-state index contributed by atoms with van der Waals surface area (Å²) in [6.45, 7) is 1.97. The van der Waals surface area contributed by atoms with E-state index >= 15 is 0 Å². The summed E-state index contributed by atoms with van der Waals surface area (Å²) >= 11 is 0.